The normalized spacial score (nSPS) is 11.4. The van der Waals surface area contributed by atoms with Crippen molar-refractivity contribution in [1.82, 2.24) is 5.32 Å². The average molecular weight is 416 g/mol. The zero-order valence-corrected chi connectivity index (χ0v) is 17.6. The Hall–Kier alpha value is -3.80. The molecular weight excluding hydrogens is 392 g/mol. The van der Waals surface area contributed by atoms with E-state index in [4.69, 9.17) is 14.3 Å². The van der Waals surface area contributed by atoms with Crippen molar-refractivity contribution in [2.75, 3.05) is 27.4 Å². The number of nitrogens with one attached hydrogen (secondary N) is 1. The molecule has 1 N–H and O–H groups in total. The summed E-state index contributed by atoms with van der Waals surface area (Å²) >= 11 is 0. The standard InChI is InChI=1S/C25H24N2O4/c1-29-22-12-11-17(15-23(22)30-2)13-14-26-24(28)16-31-27-25-20-9-5-3-7-18(20)19-8-4-6-10-21(19)25/h3-12,15H,13-14,16H2,1-2H3,(H,26,28). The molecule has 0 aliphatic heterocycles. The van der Waals surface area contributed by atoms with E-state index in [1.165, 1.54) is 0 Å². The molecule has 1 amide bonds. The van der Waals surface area contributed by atoms with Crippen molar-refractivity contribution in [3.63, 3.8) is 0 Å². The maximum Gasteiger partial charge on any atom is 0.260 e. The van der Waals surface area contributed by atoms with Crippen LogP contribution in [0.2, 0.25) is 0 Å². The highest BCUT2D eigenvalue weighted by atomic mass is 16.6. The second-order valence-electron chi connectivity index (χ2n) is 7.09. The summed E-state index contributed by atoms with van der Waals surface area (Å²) in [7, 11) is 3.20. The molecule has 1 aliphatic rings. The number of ether oxygens (including phenoxy) is 2. The summed E-state index contributed by atoms with van der Waals surface area (Å²) in [5.41, 5.74) is 6.07. The molecule has 0 aromatic heterocycles. The number of carbonyl (C=O) groups is 1. The van der Waals surface area contributed by atoms with Crippen LogP contribution in [-0.4, -0.2) is 39.0 Å². The predicted octanol–water partition coefficient (Wildman–Crippen LogP) is 3.81. The van der Waals surface area contributed by atoms with E-state index >= 15 is 0 Å². The number of hydrogen-bond acceptors (Lipinski definition) is 5. The fourth-order valence-electron chi connectivity index (χ4n) is 3.68. The van der Waals surface area contributed by atoms with Gasteiger partial charge >= 0.3 is 0 Å². The number of amides is 1. The fraction of sp³-hybridized carbons (Fsp3) is 0.200. The van der Waals surface area contributed by atoms with E-state index in [2.05, 4.69) is 22.6 Å². The SMILES string of the molecule is COc1ccc(CCNC(=O)CON=C2c3ccccc3-c3ccccc32)cc1OC. The molecule has 158 valence electrons. The molecule has 6 nitrogen and oxygen atoms in total. The summed E-state index contributed by atoms with van der Waals surface area (Å²) in [6.07, 6.45) is 0.668. The number of benzene rings is 3. The third kappa shape index (κ3) is 4.38. The van der Waals surface area contributed by atoms with E-state index in [-0.39, 0.29) is 12.5 Å². The summed E-state index contributed by atoms with van der Waals surface area (Å²) in [4.78, 5) is 17.6. The van der Waals surface area contributed by atoms with E-state index in [9.17, 15) is 4.79 Å². The van der Waals surface area contributed by atoms with Gasteiger partial charge in [-0.05, 0) is 35.2 Å². The molecule has 0 atom stereocenters. The highest BCUT2D eigenvalue weighted by Crippen LogP contribution is 2.36. The van der Waals surface area contributed by atoms with Gasteiger partial charge in [-0.2, -0.15) is 0 Å². The largest absolute Gasteiger partial charge is 0.493 e. The van der Waals surface area contributed by atoms with E-state index in [0.29, 0.717) is 24.5 Å². The van der Waals surface area contributed by atoms with Gasteiger partial charge in [0.2, 0.25) is 0 Å². The van der Waals surface area contributed by atoms with Crippen LogP contribution in [0.4, 0.5) is 0 Å². The lowest BCUT2D eigenvalue weighted by Crippen LogP contribution is -2.29. The molecule has 0 fully saturated rings. The molecule has 3 aromatic carbocycles. The summed E-state index contributed by atoms with van der Waals surface area (Å²) < 4.78 is 10.5. The molecule has 1 aliphatic carbocycles. The Morgan fingerprint density at radius 2 is 1.45 bits per heavy atom. The Bertz CT molecular complexity index is 1080. The fourth-order valence-corrected chi connectivity index (χ4v) is 3.68. The van der Waals surface area contributed by atoms with Gasteiger partial charge < -0.3 is 19.6 Å². The highest BCUT2D eigenvalue weighted by molar-refractivity contribution is 6.24. The first-order chi connectivity index (χ1) is 15.2. The smallest absolute Gasteiger partial charge is 0.260 e. The van der Waals surface area contributed by atoms with Gasteiger partial charge in [0.1, 0.15) is 5.71 Å². The first kappa shape index (κ1) is 20.5. The van der Waals surface area contributed by atoms with Crippen LogP contribution >= 0.6 is 0 Å². The van der Waals surface area contributed by atoms with Crippen molar-refractivity contribution in [2.24, 2.45) is 5.16 Å². The minimum absolute atomic E-state index is 0.139. The van der Waals surface area contributed by atoms with E-state index in [1.54, 1.807) is 14.2 Å². The van der Waals surface area contributed by atoms with Crippen LogP contribution in [-0.2, 0) is 16.1 Å². The Morgan fingerprint density at radius 3 is 2.06 bits per heavy atom. The van der Waals surface area contributed by atoms with E-state index in [1.807, 2.05) is 54.6 Å². The van der Waals surface area contributed by atoms with Crippen molar-refractivity contribution in [1.29, 1.82) is 0 Å². The Balaban J connectivity index is 1.32. The summed E-state index contributed by atoms with van der Waals surface area (Å²) in [6, 6.07) is 21.8. The predicted molar refractivity (Wildman–Crippen MR) is 120 cm³/mol. The van der Waals surface area contributed by atoms with Gasteiger partial charge in [0, 0.05) is 17.7 Å². The first-order valence-corrected chi connectivity index (χ1v) is 10.1. The van der Waals surface area contributed by atoms with Crippen molar-refractivity contribution in [3.05, 3.63) is 83.4 Å². The number of nitrogens with zero attached hydrogens (tertiary/aromatic N) is 1. The summed E-state index contributed by atoms with van der Waals surface area (Å²) in [6.45, 7) is 0.347. The number of rotatable bonds is 8. The quantitative estimate of drug-likeness (QED) is 0.444. The number of carbonyl (C=O) groups excluding carboxylic acids is 1. The number of methoxy groups -OCH3 is 2. The lowest BCUT2D eigenvalue weighted by Gasteiger charge is -2.10. The number of hydrogen-bond donors (Lipinski definition) is 1. The van der Waals surface area contributed by atoms with Crippen LogP contribution in [0.25, 0.3) is 11.1 Å². The van der Waals surface area contributed by atoms with Gasteiger partial charge in [-0.15, -0.1) is 0 Å². The highest BCUT2D eigenvalue weighted by Gasteiger charge is 2.24. The molecule has 0 saturated carbocycles. The third-order valence-electron chi connectivity index (χ3n) is 5.19. The molecule has 0 heterocycles. The molecule has 4 rings (SSSR count). The Kier molecular flexibility index (Phi) is 6.17. The van der Waals surface area contributed by atoms with Gasteiger partial charge in [0.15, 0.2) is 18.1 Å². The average Bonchev–Trinajstić information content (AvgIpc) is 3.13. The van der Waals surface area contributed by atoms with Crippen molar-refractivity contribution in [3.8, 4) is 22.6 Å². The molecular formula is C25H24N2O4. The first-order valence-electron chi connectivity index (χ1n) is 10.1. The molecule has 6 heteroatoms. The second kappa shape index (κ2) is 9.34. The molecule has 0 unspecified atom stereocenters. The number of fused-ring (bicyclic) bond motifs is 3. The van der Waals surface area contributed by atoms with Crippen LogP contribution in [0, 0.1) is 0 Å². The van der Waals surface area contributed by atoms with Crippen LogP contribution < -0.4 is 14.8 Å². The number of oxime groups is 1. The van der Waals surface area contributed by atoms with Gasteiger partial charge in [-0.3, -0.25) is 4.79 Å². The molecule has 0 bridgehead atoms. The van der Waals surface area contributed by atoms with Crippen LogP contribution in [0.3, 0.4) is 0 Å². The van der Waals surface area contributed by atoms with Crippen molar-refractivity contribution >= 4 is 11.6 Å². The maximum absolute atomic E-state index is 12.2. The molecule has 0 radical (unpaired) electrons. The zero-order chi connectivity index (χ0) is 21.6. The summed E-state index contributed by atoms with van der Waals surface area (Å²) in [5, 5.41) is 7.13. The summed E-state index contributed by atoms with van der Waals surface area (Å²) in [5.74, 6) is 1.13. The molecule has 0 saturated heterocycles. The molecule has 31 heavy (non-hydrogen) atoms. The van der Waals surface area contributed by atoms with Gasteiger partial charge in [0.25, 0.3) is 5.91 Å². The van der Waals surface area contributed by atoms with Crippen molar-refractivity contribution < 1.29 is 19.1 Å². The minimum atomic E-state index is -0.218. The monoisotopic (exact) mass is 416 g/mol. The zero-order valence-electron chi connectivity index (χ0n) is 17.6. The lowest BCUT2D eigenvalue weighted by molar-refractivity contribution is -0.125. The third-order valence-corrected chi connectivity index (χ3v) is 5.19. The maximum atomic E-state index is 12.2. The second-order valence-corrected chi connectivity index (χ2v) is 7.09. The topological polar surface area (TPSA) is 69.2 Å². The Labute approximate surface area is 181 Å². The van der Waals surface area contributed by atoms with Gasteiger partial charge in [0.05, 0.1) is 14.2 Å². The van der Waals surface area contributed by atoms with E-state index in [0.717, 1.165) is 33.5 Å². The van der Waals surface area contributed by atoms with E-state index < -0.39 is 0 Å². The Morgan fingerprint density at radius 1 is 0.839 bits per heavy atom. The van der Waals surface area contributed by atoms with Crippen molar-refractivity contribution in [2.45, 2.75) is 6.42 Å². The van der Waals surface area contributed by atoms with Crippen LogP contribution in [0.1, 0.15) is 16.7 Å². The molecule has 0 spiro atoms. The minimum Gasteiger partial charge on any atom is -0.493 e. The van der Waals surface area contributed by atoms with Crippen LogP contribution in [0.15, 0.2) is 71.9 Å². The van der Waals surface area contributed by atoms with Crippen LogP contribution in [0.5, 0.6) is 11.5 Å². The lowest BCUT2D eigenvalue weighted by atomic mass is 10.1. The van der Waals surface area contributed by atoms with Gasteiger partial charge in [-0.1, -0.05) is 59.8 Å². The van der Waals surface area contributed by atoms with Gasteiger partial charge in [-0.25, -0.2) is 0 Å². The molecule has 3 aromatic rings.